The Kier molecular flexibility index (Phi) is 2.84. The van der Waals surface area contributed by atoms with E-state index in [4.69, 9.17) is 21.1 Å². The maximum absolute atomic E-state index is 14.2. The molecule has 3 nitrogen and oxygen atoms in total. The largest absolute Gasteiger partial charge is 0.454 e. The maximum atomic E-state index is 14.2. The Balaban J connectivity index is 2.07. The molecule has 1 aromatic rings. The Labute approximate surface area is 104 Å². The molecule has 92 valence electrons. The second-order valence-corrected chi connectivity index (χ2v) is 4.75. The van der Waals surface area contributed by atoms with Crippen LogP contribution in [0.25, 0.3) is 0 Å². The lowest BCUT2D eigenvalue weighted by Gasteiger charge is -2.24. The third-order valence-electron chi connectivity index (χ3n) is 3.34. The van der Waals surface area contributed by atoms with Crippen LogP contribution >= 0.6 is 11.6 Å². The first-order valence-electron chi connectivity index (χ1n) is 5.75. The first kappa shape index (κ1) is 11.1. The number of hydrogen-bond acceptors (Lipinski definition) is 3. The van der Waals surface area contributed by atoms with Gasteiger partial charge in [-0.15, -0.1) is 0 Å². The van der Waals surface area contributed by atoms with E-state index in [0.29, 0.717) is 17.1 Å². The Bertz CT molecular complexity index is 447. The number of halogens is 2. The molecule has 0 radical (unpaired) electrons. The van der Waals surface area contributed by atoms with Gasteiger partial charge in [0.2, 0.25) is 6.79 Å². The van der Waals surface area contributed by atoms with Crippen molar-refractivity contribution in [1.82, 2.24) is 5.32 Å². The van der Waals surface area contributed by atoms with Gasteiger partial charge in [-0.1, -0.05) is 11.6 Å². The summed E-state index contributed by atoms with van der Waals surface area (Å²) in [5.41, 5.74) is 0.589. The van der Waals surface area contributed by atoms with Gasteiger partial charge in [0.05, 0.1) is 5.02 Å². The zero-order chi connectivity index (χ0) is 11.8. The first-order valence-corrected chi connectivity index (χ1v) is 6.13. The predicted molar refractivity (Wildman–Crippen MR) is 62.4 cm³/mol. The van der Waals surface area contributed by atoms with Gasteiger partial charge in [-0.25, -0.2) is 4.39 Å². The Morgan fingerprint density at radius 3 is 2.82 bits per heavy atom. The van der Waals surface area contributed by atoms with Crippen molar-refractivity contribution in [2.75, 3.05) is 19.9 Å². The highest BCUT2D eigenvalue weighted by Crippen LogP contribution is 2.45. The molecule has 0 atom stereocenters. The average molecular weight is 258 g/mol. The lowest BCUT2D eigenvalue weighted by Crippen LogP contribution is -2.27. The fourth-order valence-electron chi connectivity index (χ4n) is 2.49. The highest BCUT2D eigenvalue weighted by molar-refractivity contribution is 6.31. The zero-order valence-corrected chi connectivity index (χ0v) is 10.0. The van der Waals surface area contributed by atoms with E-state index in [9.17, 15) is 4.39 Å². The van der Waals surface area contributed by atoms with Crippen LogP contribution in [0, 0.1) is 5.82 Å². The number of fused-ring (bicyclic) bond motifs is 1. The lowest BCUT2D eigenvalue weighted by molar-refractivity contribution is 0.172. The SMILES string of the molecule is Fc1c(Cl)cc2c(c1C1CCNCC1)OCO2. The van der Waals surface area contributed by atoms with Crippen molar-refractivity contribution in [3.8, 4) is 11.5 Å². The number of ether oxygens (including phenoxy) is 2. The van der Waals surface area contributed by atoms with Gasteiger partial charge in [0.1, 0.15) is 5.82 Å². The minimum Gasteiger partial charge on any atom is -0.454 e. The normalized spacial score (nSPS) is 19.6. The van der Waals surface area contributed by atoms with Gasteiger partial charge in [-0.2, -0.15) is 0 Å². The van der Waals surface area contributed by atoms with Crippen LogP contribution in [-0.4, -0.2) is 19.9 Å². The van der Waals surface area contributed by atoms with Crippen molar-refractivity contribution in [1.29, 1.82) is 0 Å². The van der Waals surface area contributed by atoms with Gasteiger partial charge in [0, 0.05) is 11.6 Å². The Hall–Kier alpha value is -1.00. The molecule has 0 spiro atoms. The van der Waals surface area contributed by atoms with E-state index in [-0.39, 0.29) is 23.6 Å². The molecular formula is C12H13ClFNO2. The third-order valence-corrected chi connectivity index (χ3v) is 3.61. The summed E-state index contributed by atoms with van der Waals surface area (Å²) >= 11 is 5.89. The molecule has 2 heterocycles. The molecule has 0 amide bonds. The second-order valence-electron chi connectivity index (χ2n) is 4.34. The summed E-state index contributed by atoms with van der Waals surface area (Å²) in [7, 11) is 0. The summed E-state index contributed by atoms with van der Waals surface area (Å²) in [6.07, 6.45) is 1.79. The minimum absolute atomic E-state index is 0.114. The highest BCUT2D eigenvalue weighted by Gasteiger charge is 2.30. The van der Waals surface area contributed by atoms with Crippen LogP contribution < -0.4 is 14.8 Å². The van der Waals surface area contributed by atoms with Crippen LogP contribution in [0.2, 0.25) is 5.02 Å². The van der Waals surface area contributed by atoms with Crippen molar-refractivity contribution in [3.63, 3.8) is 0 Å². The van der Waals surface area contributed by atoms with E-state index in [2.05, 4.69) is 5.32 Å². The fourth-order valence-corrected chi connectivity index (χ4v) is 2.69. The Morgan fingerprint density at radius 1 is 1.29 bits per heavy atom. The molecule has 5 heteroatoms. The van der Waals surface area contributed by atoms with Crippen LogP contribution in [0.3, 0.4) is 0 Å². The van der Waals surface area contributed by atoms with E-state index in [1.807, 2.05) is 0 Å². The smallest absolute Gasteiger partial charge is 0.231 e. The molecule has 17 heavy (non-hydrogen) atoms. The van der Waals surface area contributed by atoms with E-state index in [1.54, 1.807) is 0 Å². The van der Waals surface area contributed by atoms with Crippen LogP contribution in [0.15, 0.2) is 6.07 Å². The summed E-state index contributed by atoms with van der Waals surface area (Å²) in [5.74, 6) is 0.900. The molecule has 0 saturated carbocycles. The zero-order valence-electron chi connectivity index (χ0n) is 9.26. The number of benzene rings is 1. The molecule has 1 aromatic carbocycles. The van der Waals surface area contributed by atoms with Crippen LogP contribution in [0.1, 0.15) is 24.3 Å². The van der Waals surface area contributed by atoms with Gasteiger partial charge in [0.25, 0.3) is 0 Å². The second kappa shape index (κ2) is 4.35. The Morgan fingerprint density at radius 2 is 2.06 bits per heavy atom. The standard InChI is InChI=1S/C12H13ClFNO2/c13-8-5-9-12(17-6-16-9)10(11(8)14)7-1-3-15-4-2-7/h5,7,15H,1-4,6H2. The van der Waals surface area contributed by atoms with E-state index in [0.717, 1.165) is 25.9 Å². The van der Waals surface area contributed by atoms with Crippen molar-refractivity contribution in [3.05, 3.63) is 22.5 Å². The monoisotopic (exact) mass is 257 g/mol. The summed E-state index contributed by atoms with van der Waals surface area (Å²) in [6, 6.07) is 1.49. The topological polar surface area (TPSA) is 30.5 Å². The quantitative estimate of drug-likeness (QED) is 0.839. The van der Waals surface area contributed by atoms with E-state index < -0.39 is 0 Å². The number of hydrogen-bond donors (Lipinski definition) is 1. The fraction of sp³-hybridized carbons (Fsp3) is 0.500. The summed E-state index contributed by atoms with van der Waals surface area (Å²) < 4.78 is 24.8. The molecule has 2 aliphatic rings. The predicted octanol–water partition coefficient (Wildman–Crippen LogP) is 2.67. The van der Waals surface area contributed by atoms with E-state index >= 15 is 0 Å². The number of rotatable bonds is 1. The van der Waals surface area contributed by atoms with Gasteiger partial charge >= 0.3 is 0 Å². The summed E-state index contributed by atoms with van der Waals surface area (Å²) in [6.45, 7) is 1.94. The number of piperidine rings is 1. The molecule has 0 aliphatic carbocycles. The molecule has 3 rings (SSSR count). The lowest BCUT2D eigenvalue weighted by atomic mass is 9.89. The molecular weight excluding hydrogens is 245 g/mol. The van der Waals surface area contributed by atoms with Crippen molar-refractivity contribution in [2.45, 2.75) is 18.8 Å². The summed E-state index contributed by atoms with van der Waals surface area (Å²) in [5, 5.41) is 3.37. The van der Waals surface area contributed by atoms with Gasteiger partial charge in [0.15, 0.2) is 11.5 Å². The maximum Gasteiger partial charge on any atom is 0.231 e. The molecule has 2 aliphatic heterocycles. The van der Waals surface area contributed by atoms with Crippen LogP contribution in [0.5, 0.6) is 11.5 Å². The minimum atomic E-state index is -0.359. The third kappa shape index (κ3) is 1.85. The first-order chi connectivity index (χ1) is 8.27. The van der Waals surface area contributed by atoms with Gasteiger partial charge < -0.3 is 14.8 Å². The van der Waals surface area contributed by atoms with Crippen molar-refractivity contribution >= 4 is 11.6 Å². The van der Waals surface area contributed by atoms with Crippen molar-refractivity contribution in [2.24, 2.45) is 0 Å². The molecule has 0 bridgehead atoms. The van der Waals surface area contributed by atoms with Crippen LogP contribution in [0.4, 0.5) is 4.39 Å². The average Bonchev–Trinajstić information content (AvgIpc) is 2.79. The molecule has 0 unspecified atom stereocenters. The van der Waals surface area contributed by atoms with Gasteiger partial charge in [-0.3, -0.25) is 0 Å². The summed E-state index contributed by atoms with van der Waals surface area (Å²) in [4.78, 5) is 0. The van der Waals surface area contributed by atoms with Crippen molar-refractivity contribution < 1.29 is 13.9 Å². The highest BCUT2D eigenvalue weighted by atomic mass is 35.5. The van der Waals surface area contributed by atoms with Gasteiger partial charge in [-0.05, 0) is 31.8 Å². The van der Waals surface area contributed by atoms with Crippen LogP contribution in [-0.2, 0) is 0 Å². The van der Waals surface area contributed by atoms with E-state index in [1.165, 1.54) is 6.07 Å². The number of nitrogens with one attached hydrogen (secondary N) is 1. The molecule has 1 saturated heterocycles. The molecule has 1 N–H and O–H groups in total. The molecule has 1 fully saturated rings. The molecule has 0 aromatic heterocycles.